The summed E-state index contributed by atoms with van der Waals surface area (Å²) in [4.78, 5) is 31.9. The molecule has 27 heavy (non-hydrogen) atoms. The van der Waals surface area contributed by atoms with E-state index in [2.05, 4.69) is 10.3 Å². The lowest BCUT2D eigenvalue weighted by atomic mass is 9.97. The van der Waals surface area contributed by atoms with E-state index in [-0.39, 0.29) is 11.3 Å². The number of carbonyl (C=O) groups excluding carboxylic acids is 1. The molecule has 2 N–H and O–H groups in total. The average Bonchev–Trinajstić information content (AvgIpc) is 3.03. The number of pyridine rings is 1. The third-order valence-corrected chi connectivity index (χ3v) is 5.68. The van der Waals surface area contributed by atoms with Crippen molar-refractivity contribution in [3.05, 3.63) is 44.7 Å². The van der Waals surface area contributed by atoms with Crippen LogP contribution in [0.15, 0.2) is 22.3 Å². The quantitative estimate of drug-likeness (QED) is 0.725. The van der Waals surface area contributed by atoms with E-state index in [1.165, 1.54) is 11.3 Å². The fourth-order valence-electron chi connectivity index (χ4n) is 3.51. The van der Waals surface area contributed by atoms with Crippen LogP contribution in [0, 0.1) is 6.92 Å². The molecule has 1 amide bonds. The van der Waals surface area contributed by atoms with Gasteiger partial charge in [-0.1, -0.05) is 0 Å². The van der Waals surface area contributed by atoms with Gasteiger partial charge >= 0.3 is 0 Å². The van der Waals surface area contributed by atoms with Gasteiger partial charge in [-0.3, -0.25) is 14.9 Å². The second-order valence-electron chi connectivity index (χ2n) is 6.93. The van der Waals surface area contributed by atoms with Gasteiger partial charge in [0.1, 0.15) is 11.3 Å². The molecule has 140 valence electrons. The van der Waals surface area contributed by atoms with Gasteiger partial charge in [0.2, 0.25) is 0 Å². The lowest BCUT2D eigenvalue weighted by Gasteiger charge is -2.24. The number of benzene rings is 1. The van der Waals surface area contributed by atoms with Crippen LogP contribution in [-0.4, -0.2) is 34.7 Å². The standard InChI is InChI=1S/C19H20N4O3S/c1-10-9-27-19(20-10)21-17(25)14-16(24)13-8-12(22(2)3)7-11-5-4-6-23(15(11)13)18(14)26/h7-9,24H,4-6H2,1-3H3,(H,20,21,25). The largest absolute Gasteiger partial charge is 0.506 e. The monoisotopic (exact) mass is 384 g/mol. The van der Waals surface area contributed by atoms with Crippen molar-refractivity contribution in [2.75, 3.05) is 24.3 Å². The molecule has 1 aliphatic rings. The van der Waals surface area contributed by atoms with Crippen molar-refractivity contribution >= 4 is 39.0 Å². The minimum atomic E-state index is -0.639. The van der Waals surface area contributed by atoms with Gasteiger partial charge in [0, 0.05) is 37.1 Å². The highest BCUT2D eigenvalue weighted by Gasteiger charge is 2.26. The van der Waals surface area contributed by atoms with E-state index in [1.807, 2.05) is 43.4 Å². The Kier molecular flexibility index (Phi) is 4.15. The first-order valence-electron chi connectivity index (χ1n) is 8.70. The van der Waals surface area contributed by atoms with Crippen LogP contribution in [0.25, 0.3) is 10.9 Å². The van der Waals surface area contributed by atoms with Gasteiger partial charge in [-0.25, -0.2) is 4.98 Å². The summed E-state index contributed by atoms with van der Waals surface area (Å²) in [5.41, 5.74) is 2.73. The Bertz CT molecular complexity index is 1130. The summed E-state index contributed by atoms with van der Waals surface area (Å²) in [6.45, 7) is 2.35. The Morgan fingerprint density at radius 2 is 2.15 bits per heavy atom. The number of amides is 1. The highest BCUT2D eigenvalue weighted by molar-refractivity contribution is 7.13. The Morgan fingerprint density at radius 3 is 2.81 bits per heavy atom. The summed E-state index contributed by atoms with van der Waals surface area (Å²) >= 11 is 1.28. The maximum Gasteiger partial charge on any atom is 0.267 e. The molecule has 0 spiro atoms. The summed E-state index contributed by atoms with van der Waals surface area (Å²) in [5, 5.41) is 16.2. The minimum Gasteiger partial charge on any atom is -0.506 e. The van der Waals surface area contributed by atoms with E-state index >= 15 is 0 Å². The van der Waals surface area contributed by atoms with Crippen molar-refractivity contribution < 1.29 is 9.90 Å². The van der Waals surface area contributed by atoms with Gasteiger partial charge in [0.05, 0.1) is 11.2 Å². The molecule has 3 heterocycles. The van der Waals surface area contributed by atoms with Gasteiger partial charge < -0.3 is 14.6 Å². The third kappa shape index (κ3) is 2.86. The van der Waals surface area contributed by atoms with Crippen molar-refractivity contribution in [2.24, 2.45) is 0 Å². The first-order valence-corrected chi connectivity index (χ1v) is 9.58. The van der Waals surface area contributed by atoms with E-state index in [0.29, 0.717) is 17.1 Å². The third-order valence-electron chi connectivity index (χ3n) is 4.81. The lowest BCUT2D eigenvalue weighted by molar-refractivity contribution is 0.102. The topological polar surface area (TPSA) is 87.5 Å². The average molecular weight is 384 g/mol. The van der Waals surface area contributed by atoms with Crippen LogP contribution >= 0.6 is 11.3 Å². The molecule has 3 aromatic rings. The SMILES string of the molecule is Cc1csc(NC(=O)c2c(O)c3cc(N(C)C)cc4c3n(c2=O)CCC4)n1. The van der Waals surface area contributed by atoms with Crippen LogP contribution in [0.2, 0.25) is 0 Å². The molecule has 0 aliphatic carbocycles. The molecule has 8 heteroatoms. The van der Waals surface area contributed by atoms with Crippen LogP contribution < -0.4 is 15.8 Å². The number of aromatic nitrogens is 2. The predicted octanol–water partition coefficient (Wildman–Crippen LogP) is 2.74. The normalized spacial score (nSPS) is 13.0. The fraction of sp³-hybridized carbons (Fsp3) is 0.316. The predicted molar refractivity (Wildman–Crippen MR) is 107 cm³/mol. The van der Waals surface area contributed by atoms with Gasteiger partial charge in [0.15, 0.2) is 5.13 Å². The molecule has 0 fully saturated rings. The molecule has 0 bridgehead atoms. The van der Waals surface area contributed by atoms with Gasteiger partial charge in [0.25, 0.3) is 11.5 Å². The maximum atomic E-state index is 13.0. The molecular weight excluding hydrogens is 364 g/mol. The number of nitrogens with one attached hydrogen (secondary N) is 1. The zero-order valence-electron chi connectivity index (χ0n) is 15.4. The van der Waals surface area contributed by atoms with E-state index in [0.717, 1.165) is 35.3 Å². The van der Waals surface area contributed by atoms with E-state index in [4.69, 9.17) is 0 Å². The Morgan fingerprint density at radius 1 is 1.37 bits per heavy atom. The summed E-state index contributed by atoms with van der Waals surface area (Å²) in [7, 11) is 3.84. The van der Waals surface area contributed by atoms with Crippen LogP contribution in [0.1, 0.15) is 28.0 Å². The number of hydrogen-bond donors (Lipinski definition) is 2. The Labute approximate surface area is 159 Å². The number of aromatic hydroxyl groups is 1. The Hall–Kier alpha value is -2.87. The number of aryl methyl sites for hydroxylation is 3. The highest BCUT2D eigenvalue weighted by atomic mass is 32.1. The number of nitrogens with zero attached hydrogens (tertiary/aromatic N) is 3. The van der Waals surface area contributed by atoms with Crippen LogP contribution in [0.4, 0.5) is 10.8 Å². The molecule has 0 radical (unpaired) electrons. The molecule has 1 aromatic carbocycles. The van der Waals surface area contributed by atoms with Crippen molar-refractivity contribution in [1.82, 2.24) is 9.55 Å². The first-order chi connectivity index (χ1) is 12.9. The number of carbonyl (C=O) groups is 1. The summed E-state index contributed by atoms with van der Waals surface area (Å²) in [5.74, 6) is -0.913. The first kappa shape index (κ1) is 17.5. The molecule has 4 rings (SSSR count). The molecule has 0 unspecified atom stereocenters. The second-order valence-corrected chi connectivity index (χ2v) is 7.79. The van der Waals surface area contributed by atoms with Crippen molar-refractivity contribution in [3.63, 3.8) is 0 Å². The number of anilines is 2. The molecule has 0 saturated carbocycles. The maximum absolute atomic E-state index is 13.0. The highest BCUT2D eigenvalue weighted by Crippen LogP contribution is 2.35. The smallest absolute Gasteiger partial charge is 0.267 e. The fourth-order valence-corrected chi connectivity index (χ4v) is 4.20. The zero-order chi connectivity index (χ0) is 19.3. The summed E-state index contributed by atoms with van der Waals surface area (Å²) in [6, 6.07) is 3.86. The Balaban J connectivity index is 1.93. The molecule has 1 aliphatic heterocycles. The second kappa shape index (κ2) is 6.38. The van der Waals surface area contributed by atoms with Gasteiger partial charge in [-0.05, 0) is 37.5 Å². The van der Waals surface area contributed by atoms with Crippen molar-refractivity contribution in [2.45, 2.75) is 26.3 Å². The molecule has 7 nitrogen and oxygen atoms in total. The van der Waals surface area contributed by atoms with E-state index in [1.54, 1.807) is 4.57 Å². The minimum absolute atomic E-state index is 0.237. The van der Waals surface area contributed by atoms with E-state index < -0.39 is 11.5 Å². The van der Waals surface area contributed by atoms with Crippen LogP contribution in [-0.2, 0) is 13.0 Å². The number of rotatable bonds is 3. The lowest BCUT2D eigenvalue weighted by Crippen LogP contribution is -2.32. The number of thiazole rings is 1. The van der Waals surface area contributed by atoms with Gasteiger partial charge in [-0.15, -0.1) is 11.3 Å². The molecule has 0 atom stereocenters. The molecular formula is C19H20N4O3S. The van der Waals surface area contributed by atoms with Crippen molar-refractivity contribution in [3.8, 4) is 5.75 Å². The molecule has 2 aromatic heterocycles. The molecule has 0 saturated heterocycles. The van der Waals surface area contributed by atoms with E-state index in [9.17, 15) is 14.7 Å². The van der Waals surface area contributed by atoms with Crippen LogP contribution in [0.5, 0.6) is 5.75 Å². The summed E-state index contributed by atoms with van der Waals surface area (Å²) < 4.78 is 1.61. The summed E-state index contributed by atoms with van der Waals surface area (Å²) in [6.07, 6.45) is 1.65. The zero-order valence-corrected chi connectivity index (χ0v) is 16.2. The van der Waals surface area contributed by atoms with Gasteiger partial charge in [-0.2, -0.15) is 0 Å². The number of hydrogen-bond acceptors (Lipinski definition) is 6. The van der Waals surface area contributed by atoms with Crippen molar-refractivity contribution in [1.29, 1.82) is 0 Å². The van der Waals surface area contributed by atoms with Crippen LogP contribution in [0.3, 0.4) is 0 Å².